The molecule has 1 aromatic heterocycles. The van der Waals surface area contributed by atoms with Crippen molar-refractivity contribution in [1.29, 1.82) is 5.26 Å². The molecule has 0 aromatic carbocycles. The van der Waals surface area contributed by atoms with E-state index in [4.69, 9.17) is 0 Å². The number of likely N-dealkylation sites (tertiary alicyclic amines) is 1. The smallest absolute Gasteiger partial charge is 0.319 e. The van der Waals surface area contributed by atoms with Crippen LogP contribution in [0.5, 0.6) is 0 Å². The fourth-order valence-corrected chi connectivity index (χ4v) is 4.60. The van der Waals surface area contributed by atoms with E-state index in [2.05, 4.69) is 41.1 Å². The Labute approximate surface area is 196 Å². The molecule has 1 N–H and O–H groups in total. The van der Waals surface area contributed by atoms with Crippen molar-refractivity contribution in [2.75, 3.05) is 51.8 Å². The molecule has 1 aromatic rings. The van der Waals surface area contributed by atoms with Crippen molar-refractivity contribution in [2.24, 2.45) is 5.41 Å². The predicted octanol–water partition coefficient (Wildman–Crippen LogP) is 1.76. The van der Waals surface area contributed by atoms with Gasteiger partial charge in [-0.2, -0.15) is 10.2 Å². The number of nitrogens with zero attached hydrogens (tertiary/aromatic N) is 7. The van der Waals surface area contributed by atoms with Gasteiger partial charge in [-0.25, -0.2) is 9.78 Å². The monoisotopic (exact) mass is 456 g/mol. The first-order chi connectivity index (χ1) is 15.4. The van der Waals surface area contributed by atoms with E-state index in [1.165, 1.54) is 0 Å². The number of aryl methyl sites for hydroxylation is 1. The number of hydrazine groups is 1. The molecule has 0 aliphatic carbocycles. The van der Waals surface area contributed by atoms with E-state index in [-0.39, 0.29) is 35.3 Å². The first-order valence-corrected chi connectivity index (χ1v) is 11.5. The van der Waals surface area contributed by atoms with E-state index in [1.54, 1.807) is 16.1 Å². The average Bonchev–Trinajstić information content (AvgIpc) is 2.75. The topological polar surface area (TPSA) is 109 Å². The zero-order valence-electron chi connectivity index (χ0n) is 20.7. The number of carbonyl (C=O) groups is 2. The largest absolute Gasteiger partial charge is 0.328 e. The molecule has 0 bridgehead atoms. The van der Waals surface area contributed by atoms with Gasteiger partial charge in [0.1, 0.15) is 6.07 Å². The van der Waals surface area contributed by atoms with E-state index in [9.17, 15) is 14.9 Å². The lowest BCUT2D eigenvalue weighted by atomic mass is 9.81. The molecule has 2 aliphatic rings. The van der Waals surface area contributed by atoms with Crippen LogP contribution >= 0.6 is 0 Å². The van der Waals surface area contributed by atoms with Crippen LogP contribution in [0.2, 0.25) is 0 Å². The second-order valence-electron chi connectivity index (χ2n) is 10.5. The lowest BCUT2D eigenvalue weighted by Gasteiger charge is -2.51. The molecular weight excluding hydrogens is 420 g/mol. The van der Waals surface area contributed by atoms with E-state index >= 15 is 0 Å². The summed E-state index contributed by atoms with van der Waals surface area (Å²) in [5.41, 5.74) is 3.57. The zero-order chi connectivity index (χ0) is 24.4. The van der Waals surface area contributed by atoms with Gasteiger partial charge in [0.05, 0.1) is 6.54 Å². The van der Waals surface area contributed by atoms with Crippen molar-refractivity contribution >= 4 is 17.8 Å². The third-order valence-corrected chi connectivity index (χ3v) is 6.58. The number of carbonyl (C=O) groups excluding carboxylic acids is 2. The average molecular weight is 457 g/mol. The number of anilines is 1. The van der Waals surface area contributed by atoms with Crippen LogP contribution in [0.1, 0.15) is 51.4 Å². The van der Waals surface area contributed by atoms with Gasteiger partial charge in [-0.05, 0) is 31.6 Å². The standard InChI is InChI=1S/C23H36N8O2/c1-17-14-25-18(13-24)26-20(17)31(16-22(2,3)4)27-19(32)15-30-11-8-23(9-12-30)7-10-28(5)21(33)29(23)6/h14H,7-12,15-16H2,1-6H3,(H,27,32). The summed E-state index contributed by atoms with van der Waals surface area (Å²) in [5.74, 6) is 0.482. The number of hydrogen-bond donors (Lipinski definition) is 1. The van der Waals surface area contributed by atoms with E-state index in [1.807, 2.05) is 32.0 Å². The quantitative estimate of drug-likeness (QED) is 0.673. The normalized spacial score (nSPS) is 18.9. The van der Waals surface area contributed by atoms with Crippen molar-refractivity contribution in [3.8, 4) is 6.07 Å². The summed E-state index contributed by atoms with van der Waals surface area (Å²) in [4.78, 5) is 39.6. The van der Waals surface area contributed by atoms with Crippen LogP contribution in [-0.4, -0.2) is 89.0 Å². The highest BCUT2D eigenvalue weighted by molar-refractivity contribution is 5.80. The van der Waals surface area contributed by atoms with Gasteiger partial charge in [-0.3, -0.25) is 20.1 Å². The van der Waals surface area contributed by atoms with Crippen LogP contribution in [0.15, 0.2) is 6.20 Å². The maximum Gasteiger partial charge on any atom is 0.319 e. The van der Waals surface area contributed by atoms with Crippen molar-refractivity contribution in [3.05, 3.63) is 17.6 Å². The van der Waals surface area contributed by atoms with Gasteiger partial charge in [0.15, 0.2) is 5.82 Å². The highest BCUT2D eigenvalue weighted by atomic mass is 16.2. The molecule has 1 spiro atoms. The van der Waals surface area contributed by atoms with E-state index in [0.29, 0.717) is 12.4 Å². The minimum absolute atomic E-state index is 0.0712. The SMILES string of the molecule is Cc1cnc(C#N)nc1N(CC(C)(C)C)NC(=O)CN1CCC2(CC1)CCN(C)C(=O)N2C. The Morgan fingerprint density at radius 3 is 2.48 bits per heavy atom. The fraction of sp³-hybridized carbons (Fsp3) is 0.696. The zero-order valence-corrected chi connectivity index (χ0v) is 20.7. The van der Waals surface area contributed by atoms with Crippen LogP contribution in [0.4, 0.5) is 10.6 Å². The number of rotatable bonds is 5. The van der Waals surface area contributed by atoms with Gasteiger partial charge < -0.3 is 9.80 Å². The van der Waals surface area contributed by atoms with Crippen LogP contribution < -0.4 is 10.4 Å². The van der Waals surface area contributed by atoms with Gasteiger partial charge in [0.25, 0.3) is 5.91 Å². The molecule has 2 saturated heterocycles. The number of piperidine rings is 1. The van der Waals surface area contributed by atoms with Crippen molar-refractivity contribution < 1.29 is 9.59 Å². The van der Waals surface area contributed by atoms with E-state index < -0.39 is 0 Å². The van der Waals surface area contributed by atoms with Crippen LogP contribution in [0, 0.1) is 23.7 Å². The van der Waals surface area contributed by atoms with Crippen LogP contribution in [0.3, 0.4) is 0 Å². The molecule has 3 amide bonds. The van der Waals surface area contributed by atoms with Gasteiger partial charge in [0.2, 0.25) is 5.82 Å². The minimum Gasteiger partial charge on any atom is -0.328 e. The third-order valence-electron chi connectivity index (χ3n) is 6.58. The second kappa shape index (κ2) is 9.51. The number of nitriles is 1. The first kappa shape index (κ1) is 24.7. The van der Waals surface area contributed by atoms with Gasteiger partial charge in [0, 0.05) is 57.6 Å². The fourth-order valence-electron chi connectivity index (χ4n) is 4.60. The first-order valence-electron chi connectivity index (χ1n) is 11.5. The predicted molar refractivity (Wildman–Crippen MR) is 125 cm³/mol. The summed E-state index contributed by atoms with van der Waals surface area (Å²) in [5, 5.41) is 10.9. The summed E-state index contributed by atoms with van der Waals surface area (Å²) in [6, 6.07) is 2.04. The maximum atomic E-state index is 13.0. The number of aromatic nitrogens is 2. The van der Waals surface area contributed by atoms with Gasteiger partial charge in [-0.1, -0.05) is 20.8 Å². The Morgan fingerprint density at radius 1 is 1.24 bits per heavy atom. The molecule has 3 rings (SSSR count). The molecular formula is C23H36N8O2. The van der Waals surface area contributed by atoms with Gasteiger partial charge >= 0.3 is 6.03 Å². The molecule has 0 saturated carbocycles. The Morgan fingerprint density at radius 2 is 1.88 bits per heavy atom. The number of urea groups is 1. The van der Waals surface area contributed by atoms with E-state index in [0.717, 1.165) is 44.5 Å². The summed E-state index contributed by atoms with van der Waals surface area (Å²) in [6.45, 7) is 11.2. The molecule has 10 nitrogen and oxygen atoms in total. The molecule has 0 radical (unpaired) electrons. The highest BCUT2D eigenvalue weighted by Gasteiger charge is 2.44. The minimum atomic E-state index is -0.125. The summed E-state index contributed by atoms with van der Waals surface area (Å²) in [6.07, 6.45) is 4.28. The molecule has 0 unspecified atom stereocenters. The second-order valence-corrected chi connectivity index (χ2v) is 10.5. The molecule has 33 heavy (non-hydrogen) atoms. The highest BCUT2D eigenvalue weighted by Crippen LogP contribution is 2.35. The number of hydrogen-bond acceptors (Lipinski definition) is 7. The molecule has 3 heterocycles. The molecule has 180 valence electrons. The Hall–Kier alpha value is -2.93. The molecule has 2 fully saturated rings. The lowest BCUT2D eigenvalue weighted by molar-refractivity contribution is -0.123. The number of nitrogens with one attached hydrogen (secondary N) is 1. The Kier molecular flexibility index (Phi) is 7.12. The summed E-state index contributed by atoms with van der Waals surface area (Å²) >= 11 is 0. The summed E-state index contributed by atoms with van der Waals surface area (Å²) in [7, 11) is 3.73. The molecule has 2 aliphatic heterocycles. The molecule has 10 heteroatoms. The third kappa shape index (κ3) is 5.71. The van der Waals surface area contributed by atoms with Crippen LogP contribution in [0.25, 0.3) is 0 Å². The van der Waals surface area contributed by atoms with Crippen molar-refractivity contribution in [1.82, 2.24) is 30.1 Å². The Balaban J connectivity index is 1.65. The van der Waals surface area contributed by atoms with Crippen molar-refractivity contribution in [3.63, 3.8) is 0 Å². The van der Waals surface area contributed by atoms with Crippen LogP contribution in [-0.2, 0) is 4.79 Å². The Bertz CT molecular complexity index is 927. The summed E-state index contributed by atoms with van der Waals surface area (Å²) < 4.78 is 0. The lowest BCUT2D eigenvalue weighted by Crippen LogP contribution is -2.63. The van der Waals surface area contributed by atoms with Gasteiger partial charge in [-0.15, -0.1) is 0 Å². The number of amides is 3. The van der Waals surface area contributed by atoms with Crippen molar-refractivity contribution in [2.45, 2.75) is 52.5 Å². The maximum absolute atomic E-state index is 13.0. The molecule has 0 atom stereocenters.